The number of rotatable bonds is 4. The molecule has 0 fully saturated rings. The highest BCUT2D eigenvalue weighted by Gasteiger charge is 2.17. The molecule has 1 amide bonds. The van der Waals surface area contributed by atoms with Crippen molar-refractivity contribution in [2.24, 2.45) is 0 Å². The fourth-order valence-electron chi connectivity index (χ4n) is 2.61. The summed E-state index contributed by atoms with van der Waals surface area (Å²) >= 11 is 7.76. The number of halogens is 1. The van der Waals surface area contributed by atoms with Crippen molar-refractivity contribution in [2.45, 2.75) is 24.3 Å². The van der Waals surface area contributed by atoms with Gasteiger partial charge in [0.05, 0.1) is 29.8 Å². The van der Waals surface area contributed by atoms with E-state index in [-0.39, 0.29) is 11.9 Å². The standard InChI is InChI=1S/C19H20ClNO3S/c1-12(13-4-7-17-18(10-13)24-9-3-8-23-17)21-19(22)15-11-14(25-2)5-6-16(15)20/h4-7,10-12H,3,8-9H2,1-2H3,(H,21,22). The Hall–Kier alpha value is -1.85. The lowest BCUT2D eigenvalue weighted by atomic mass is 10.1. The van der Waals surface area contributed by atoms with Gasteiger partial charge in [-0.2, -0.15) is 0 Å². The molecule has 0 saturated carbocycles. The average Bonchev–Trinajstić information content (AvgIpc) is 2.86. The molecule has 2 aromatic rings. The number of thioether (sulfide) groups is 1. The van der Waals surface area contributed by atoms with Gasteiger partial charge in [0.2, 0.25) is 0 Å². The number of hydrogen-bond acceptors (Lipinski definition) is 4. The summed E-state index contributed by atoms with van der Waals surface area (Å²) in [7, 11) is 0. The molecular formula is C19H20ClNO3S. The van der Waals surface area contributed by atoms with Gasteiger partial charge >= 0.3 is 0 Å². The third-order valence-corrected chi connectivity index (χ3v) is 5.09. The van der Waals surface area contributed by atoms with Gasteiger partial charge in [-0.1, -0.05) is 17.7 Å². The molecule has 6 heteroatoms. The number of benzene rings is 2. The molecule has 1 atom stereocenters. The van der Waals surface area contributed by atoms with Crippen molar-refractivity contribution in [1.82, 2.24) is 5.32 Å². The largest absolute Gasteiger partial charge is 0.490 e. The van der Waals surface area contributed by atoms with E-state index in [1.807, 2.05) is 43.5 Å². The Labute approximate surface area is 156 Å². The molecule has 0 bridgehead atoms. The van der Waals surface area contributed by atoms with Gasteiger partial charge in [0.25, 0.3) is 5.91 Å². The molecule has 25 heavy (non-hydrogen) atoms. The van der Waals surface area contributed by atoms with Crippen molar-refractivity contribution in [1.29, 1.82) is 0 Å². The van der Waals surface area contributed by atoms with Crippen LogP contribution in [0.4, 0.5) is 0 Å². The van der Waals surface area contributed by atoms with Crippen LogP contribution in [0.15, 0.2) is 41.3 Å². The van der Waals surface area contributed by atoms with E-state index < -0.39 is 0 Å². The summed E-state index contributed by atoms with van der Waals surface area (Å²) in [5.41, 5.74) is 1.43. The van der Waals surface area contributed by atoms with E-state index in [0.717, 1.165) is 28.4 Å². The zero-order chi connectivity index (χ0) is 17.8. The van der Waals surface area contributed by atoms with Crippen LogP contribution in [0.5, 0.6) is 11.5 Å². The molecule has 1 aliphatic rings. The minimum atomic E-state index is -0.194. The Morgan fingerprint density at radius 2 is 1.92 bits per heavy atom. The van der Waals surface area contributed by atoms with Gasteiger partial charge in [0.15, 0.2) is 11.5 Å². The molecule has 1 unspecified atom stereocenters. The second-order valence-corrected chi connectivity index (χ2v) is 7.08. The molecule has 1 heterocycles. The van der Waals surface area contributed by atoms with Crippen molar-refractivity contribution in [3.05, 3.63) is 52.5 Å². The number of carbonyl (C=O) groups excluding carboxylic acids is 1. The number of hydrogen-bond donors (Lipinski definition) is 1. The summed E-state index contributed by atoms with van der Waals surface area (Å²) in [6, 6.07) is 11.0. The molecule has 4 nitrogen and oxygen atoms in total. The highest BCUT2D eigenvalue weighted by molar-refractivity contribution is 7.98. The summed E-state index contributed by atoms with van der Waals surface area (Å²) < 4.78 is 11.4. The quantitative estimate of drug-likeness (QED) is 0.783. The van der Waals surface area contributed by atoms with Gasteiger partial charge in [-0.05, 0) is 49.1 Å². The minimum Gasteiger partial charge on any atom is -0.490 e. The second-order valence-electron chi connectivity index (χ2n) is 5.80. The average molecular weight is 378 g/mol. The molecule has 3 rings (SSSR count). The zero-order valence-corrected chi connectivity index (χ0v) is 15.7. The van der Waals surface area contributed by atoms with Crippen LogP contribution in [0.25, 0.3) is 0 Å². The Morgan fingerprint density at radius 3 is 2.68 bits per heavy atom. The molecule has 1 N–H and O–H groups in total. The third-order valence-electron chi connectivity index (χ3n) is 4.04. The molecule has 2 aromatic carbocycles. The first-order chi connectivity index (χ1) is 12.1. The number of fused-ring (bicyclic) bond motifs is 1. The van der Waals surface area contributed by atoms with Crippen LogP contribution in [0.2, 0.25) is 5.02 Å². The lowest BCUT2D eigenvalue weighted by molar-refractivity contribution is 0.0939. The number of carbonyl (C=O) groups is 1. The van der Waals surface area contributed by atoms with Gasteiger partial charge in [-0.25, -0.2) is 0 Å². The lowest BCUT2D eigenvalue weighted by Gasteiger charge is -2.17. The molecule has 132 valence electrons. The van der Waals surface area contributed by atoms with E-state index in [9.17, 15) is 4.79 Å². The zero-order valence-electron chi connectivity index (χ0n) is 14.2. The molecule has 0 spiro atoms. The van der Waals surface area contributed by atoms with Gasteiger partial charge < -0.3 is 14.8 Å². The van der Waals surface area contributed by atoms with Crippen LogP contribution in [-0.2, 0) is 0 Å². The summed E-state index contributed by atoms with van der Waals surface area (Å²) in [5, 5.41) is 3.44. The first kappa shape index (κ1) is 18.0. The summed E-state index contributed by atoms with van der Waals surface area (Å²) in [4.78, 5) is 13.6. The fraction of sp³-hybridized carbons (Fsp3) is 0.316. The van der Waals surface area contributed by atoms with Crippen LogP contribution in [0.3, 0.4) is 0 Å². The first-order valence-electron chi connectivity index (χ1n) is 8.12. The van der Waals surface area contributed by atoms with Crippen molar-refractivity contribution < 1.29 is 14.3 Å². The van der Waals surface area contributed by atoms with Crippen LogP contribution in [-0.4, -0.2) is 25.4 Å². The molecular weight excluding hydrogens is 358 g/mol. The normalized spacial score (nSPS) is 14.5. The van der Waals surface area contributed by atoms with E-state index in [2.05, 4.69) is 5.32 Å². The Bertz CT molecular complexity index is 781. The predicted octanol–water partition coefficient (Wildman–Crippen LogP) is 4.71. The van der Waals surface area contributed by atoms with E-state index in [4.69, 9.17) is 21.1 Å². The Morgan fingerprint density at radius 1 is 1.16 bits per heavy atom. The molecule has 0 aliphatic carbocycles. The number of nitrogens with one attached hydrogen (secondary N) is 1. The summed E-state index contributed by atoms with van der Waals surface area (Å²) in [6.07, 6.45) is 2.83. The SMILES string of the molecule is CSc1ccc(Cl)c(C(=O)NC(C)c2ccc3c(c2)OCCCO3)c1. The molecule has 0 saturated heterocycles. The van der Waals surface area contributed by atoms with Crippen molar-refractivity contribution in [3.8, 4) is 11.5 Å². The van der Waals surface area contributed by atoms with E-state index in [0.29, 0.717) is 23.8 Å². The molecule has 1 aliphatic heterocycles. The van der Waals surface area contributed by atoms with Gasteiger partial charge in [-0.15, -0.1) is 11.8 Å². The Kier molecular flexibility index (Phi) is 5.76. The van der Waals surface area contributed by atoms with E-state index in [1.54, 1.807) is 17.8 Å². The van der Waals surface area contributed by atoms with E-state index >= 15 is 0 Å². The number of amides is 1. The van der Waals surface area contributed by atoms with Gasteiger partial charge in [0, 0.05) is 11.3 Å². The fourth-order valence-corrected chi connectivity index (χ4v) is 3.26. The van der Waals surface area contributed by atoms with Crippen molar-refractivity contribution in [3.63, 3.8) is 0 Å². The highest BCUT2D eigenvalue weighted by Crippen LogP contribution is 2.32. The maximum Gasteiger partial charge on any atom is 0.253 e. The Balaban J connectivity index is 1.77. The number of ether oxygens (including phenoxy) is 2. The highest BCUT2D eigenvalue weighted by atomic mass is 35.5. The van der Waals surface area contributed by atoms with Crippen LogP contribution < -0.4 is 14.8 Å². The third kappa shape index (κ3) is 4.22. The van der Waals surface area contributed by atoms with Gasteiger partial charge in [-0.3, -0.25) is 4.79 Å². The lowest BCUT2D eigenvalue weighted by Crippen LogP contribution is -2.27. The molecule has 0 radical (unpaired) electrons. The first-order valence-corrected chi connectivity index (χ1v) is 9.72. The van der Waals surface area contributed by atoms with Gasteiger partial charge in [0.1, 0.15) is 0 Å². The summed E-state index contributed by atoms with van der Waals surface area (Å²) in [5.74, 6) is 1.27. The topological polar surface area (TPSA) is 47.6 Å². The van der Waals surface area contributed by atoms with Crippen molar-refractivity contribution in [2.75, 3.05) is 19.5 Å². The van der Waals surface area contributed by atoms with Crippen LogP contribution in [0, 0.1) is 0 Å². The molecule has 0 aromatic heterocycles. The van der Waals surface area contributed by atoms with Crippen molar-refractivity contribution >= 4 is 29.3 Å². The maximum atomic E-state index is 12.6. The monoisotopic (exact) mass is 377 g/mol. The second kappa shape index (κ2) is 8.02. The minimum absolute atomic E-state index is 0.182. The smallest absolute Gasteiger partial charge is 0.253 e. The maximum absolute atomic E-state index is 12.6. The van der Waals surface area contributed by atoms with E-state index in [1.165, 1.54) is 0 Å². The van der Waals surface area contributed by atoms with Crippen LogP contribution >= 0.6 is 23.4 Å². The van der Waals surface area contributed by atoms with Crippen LogP contribution in [0.1, 0.15) is 35.3 Å². The predicted molar refractivity (Wildman–Crippen MR) is 101 cm³/mol. The summed E-state index contributed by atoms with van der Waals surface area (Å²) in [6.45, 7) is 3.22.